The predicted molar refractivity (Wildman–Crippen MR) is 183 cm³/mol. The van der Waals surface area contributed by atoms with Crippen LogP contribution in [0.5, 0.6) is 5.75 Å². The van der Waals surface area contributed by atoms with Crippen molar-refractivity contribution in [1.29, 1.82) is 0 Å². The molecule has 0 atom stereocenters. The summed E-state index contributed by atoms with van der Waals surface area (Å²) < 4.78 is 11.1. The van der Waals surface area contributed by atoms with Gasteiger partial charge < -0.3 is 9.47 Å². The normalized spacial score (nSPS) is 12.4. The number of rotatable bonds is 26. The van der Waals surface area contributed by atoms with Crippen LogP contribution in [-0.4, -0.2) is 19.2 Å². The van der Waals surface area contributed by atoms with Crippen LogP contribution >= 0.6 is 0 Å². The molecule has 3 nitrogen and oxygen atoms in total. The second-order valence-electron chi connectivity index (χ2n) is 12.7. The summed E-state index contributed by atoms with van der Waals surface area (Å²) in [6.45, 7) is 7.37. The van der Waals surface area contributed by atoms with Crippen molar-refractivity contribution < 1.29 is 14.3 Å². The fourth-order valence-corrected chi connectivity index (χ4v) is 5.93. The van der Waals surface area contributed by atoms with Gasteiger partial charge in [0.25, 0.3) is 0 Å². The number of benzene rings is 1. The van der Waals surface area contributed by atoms with Crippen LogP contribution in [0.25, 0.3) is 0 Å². The van der Waals surface area contributed by atoms with E-state index in [9.17, 15) is 4.79 Å². The van der Waals surface area contributed by atoms with Crippen LogP contribution in [0.3, 0.4) is 0 Å². The number of unbranched alkanes of at least 4 members (excludes halogenated alkanes) is 21. The molecule has 3 heteroatoms. The van der Waals surface area contributed by atoms with Gasteiger partial charge in [0, 0.05) is 0 Å². The van der Waals surface area contributed by atoms with Gasteiger partial charge in [0.1, 0.15) is 5.75 Å². The second-order valence-corrected chi connectivity index (χ2v) is 12.7. The Morgan fingerprint density at radius 2 is 1.00 bits per heavy atom. The van der Waals surface area contributed by atoms with E-state index in [1.165, 1.54) is 159 Å². The van der Waals surface area contributed by atoms with E-state index in [1.807, 2.05) is 12.1 Å². The molecular formula is C39H70O3. The molecule has 0 spiro atoms. The SMILES string of the molecule is CCCCCCCCCCC.CCCCCCCCCCCCCCCCOC(=O)COc1cccc2c1CCCC2. The third-order valence-electron chi connectivity index (χ3n) is 8.67. The lowest BCUT2D eigenvalue weighted by Crippen LogP contribution is -2.17. The summed E-state index contributed by atoms with van der Waals surface area (Å²) in [6.07, 6.45) is 36.2. The van der Waals surface area contributed by atoms with Gasteiger partial charge in [-0.3, -0.25) is 0 Å². The first kappa shape index (κ1) is 38.5. The van der Waals surface area contributed by atoms with Gasteiger partial charge in [-0.05, 0) is 49.3 Å². The summed E-state index contributed by atoms with van der Waals surface area (Å²) in [4.78, 5) is 12.0. The third kappa shape index (κ3) is 22.1. The Kier molecular flexibility index (Phi) is 27.1. The van der Waals surface area contributed by atoms with Gasteiger partial charge in [0.05, 0.1) is 6.61 Å². The molecule has 0 bridgehead atoms. The molecule has 1 aromatic rings. The van der Waals surface area contributed by atoms with E-state index in [0.717, 1.165) is 31.4 Å². The Morgan fingerprint density at radius 1 is 0.571 bits per heavy atom. The maximum absolute atomic E-state index is 12.0. The molecule has 244 valence electrons. The number of ether oxygens (including phenoxy) is 2. The smallest absolute Gasteiger partial charge is 0.344 e. The highest BCUT2D eigenvalue weighted by atomic mass is 16.6. The van der Waals surface area contributed by atoms with Crippen molar-refractivity contribution in [3.05, 3.63) is 29.3 Å². The standard InChI is InChI=1S/C28H46O3.C11H24/c1-2-3-4-5-6-7-8-9-10-11-12-13-14-17-23-30-28(29)24-31-27-22-18-20-25-19-15-16-21-26(25)27;1-3-5-7-9-11-10-8-6-4-2/h18,20,22H,2-17,19,21,23-24H2,1H3;3-11H2,1-2H3. The van der Waals surface area contributed by atoms with Crippen LogP contribution in [0.1, 0.15) is 192 Å². The molecule has 0 radical (unpaired) electrons. The third-order valence-corrected chi connectivity index (χ3v) is 8.67. The molecule has 0 amide bonds. The number of esters is 1. The molecule has 1 aromatic carbocycles. The molecule has 0 aliphatic heterocycles. The minimum absolute atomic E-state index is 0.0229. The second kappa shape index (κ2) is 29.6. The van der Waals surface area contributed by atoms with Crippen LogP contribution in [0.2, 0.25) is 0 Å². The lowest BCUT2D eigenvalue weighted by Gasteiger charge is -2.19. The van der Waals surface area contributed by atoms with Gasteiger partial charge in [0.15, 0.2) is 6.61 Å². The van der Waals surface area contributed by atoms with Crippen molar-refractivity contribution in [2.45, 2.75) is 194 Å². The van der Waals surface area contributed by atoms with Crippen molar-refractivity contribution in [3.8, 4) is 5.75 Å². The van der Waals surface area contributed by atoms with Crippen LogP contribution in [0, 0.1) is 0 Å². The number of hydrogen-bond donors (Lipinski definition) is 0. The van der Waals surface area contributed by atoms with Gasteiger partial charge in [-0.15, -0.1) is 0 Å². The van der Waals surface area contributed by atoms with Gasteiger partial charge in [-0.25, -0.2) is 4.79 Å². The molecular weight excluding hydrogens is 516 g/mol. The predicted octanol–water partition coefficient (Wildman–Crippen LogP) is 12.5. The molecule has 1 aliphatic rings. The van der Waals surface area contributed by atoms with Crippen LogP contribution in [0.4, 0.5) is 0 Å². The van der Waals surface area contributed by atoms with Gasteiger partial charge in [-0.1, -0.05) is 174 Å². The van der Waals surface area contributed by atoms with E-state index in [0.29, 0.717) is 6.61 Å². The minimum atomic E-state index is -0.247. The van der Waals surface area contributed by atoms with E-state index in [2.05, 4.69) is 26.8 Å². The topological polar surface area (TPSA) is 35.5 Å². The Hall–Kier alpha value is -1.51. The summed E-state index contributed by atoms with van der Waals surface area (Å²) in [7, 11) is 0. The fraction of sp³-hybridized carbons (Fsp3) is 0.821. The average Bonchev–Trinajstić information content (AvgIpc) is 3.02. The van der Waals surface area contributed by atoms with Crippen LogP contribution in [-0.2, 0) is 22.4 Å². The van der Waals surface area contributed by atoms with E-state index in [-0.39, 0.29) is 12.6 Å². The van der Waals surface area contributed by atoms with Crippen LogP contribution < -0.4 is 4.74 Å². The molecule has 0 heterocycles. The number of aryl methyl sites for hydroxylation is 1. The molecule has 0 aromatic heterocycles. The monoisotopic (exact) mass is 587 g/mol. The van der Waals surface area contributed by atoms with Crippen molar-refractivity contribution in [3.63, 3.8) is 0 Å². The largest absolute Gasteiger partial charge is 0.482 e. The molecule has 1 aliphatic carbocycles. The quantitative estimate of drug-likeness (QED) is 0.0800. The number of carbonyl (C=O) groups is 1. The van der Waals surface area contributed by atoms with Crippen LogP contribution in [0.15, 0.2) is 18.2 Å². The number of carbonyl (C=O) groups excluding carboxylic acids is 1. The molecule has 0 saturated heterocycles. The fourth-order valence-electron chi connectivity index (χ4n) is 5.93. The zero-order valence-corrected chi connectivity index (χ0v) is 28.5. The average molecular weight is 587 g/mol. The lowest BCUT2D eigenvalue weighted by molar-refractivity contribution is -0.146. The molecule has 0 saturated carbocycles. The Morgan fingerprint density at radius 3 is 1.48 bits per heavy atom. The Labute approximate surface area is 262 Å². The van der Waals surface area contributed by atoms with Gasteiger partial charge in [0.2, 0.25) is 0 Å². The molecule has 42 heavy (non-hydrogen) atoms. The first-order valence-corrected chi connectivity index (χ1v) is 18.6. The van der Waals surface area contributed by atoms with E-state index in [1.54, 1.807) is 0 Å². The Bertz CT molecular complexity index is 720. The van der Waals surface area contributed by atoms with Crippen molar-refractivity contribution >= 4 is 5.97 Å². The highest BCUT2D eigenvalue weighted by molar-refractivity contribution is 5.71. The number of hydrogen-bond acceptors (Lipinski definition) is 3. The van der Waals surface area contributed by atoms with Crippen molar-refractivity contribution in [2.24, 2.45) is 0 Å². The summed E-state index contributed by atoms with van der Waals surface area (Å²) in [6, 6.07) is 6.18. The first-order chi connectivity index (χ1) is 20.7. The molecule has 0 N–H and O–H groups in total. The maximum atomic E-state index is 12.0. The number of fused-ring (bicyclic) bond motifs is 1. The molecule has 2 rings (SSSR count). The summed E-state index contributed by atoms with van der Waals surface area (Å²) >= 11 is 0. The molecule has 0 fully saturated rings. The maximum Gasteiger partial charge on any atom is 0.344 e. The zero-order valence-electron chi connectivity index (χ0n) is 28.5. The minimum Gasteiger partial charge on any atom is -0.482 e. The Balaban J connectivity index is 0.000000679. The zero-order chi connectivity index (χ0) is 30.4. The molecule has 0 unspecified atom stereocenters. The van der Waals surface area contributed by atoms with Crippen molar-refractivity contribution in [1.82, 2.24) is 0 Å². The summed E-state index contributed by atoms with van der Waals surface area (Å²) in [5.41, 5.74) is 2.66. The first-order valence-electron chi connectivity index (χ1n) is 18.6. The lowest BCUT2D eigenvalue weighted by atomic mass is 9.91. The van der Waals surface area contributed by atoms with E-state index >= 15 is 0 Å². The van der Waals surface area contributed by atoms with Crippen molar-refractivity contribution in [2.75, 3.05) is 13.2 Å². The van der Waals surface area contributed by atoms with E-state index in [4.69, 9.17) is 9.47 Å². The van der Waals surface area contributed by atoms with Gasteiger partial charge >= 0.3 is 5.97 Å². The highest BCUT2D eigenvalue weighted by Crippen LogP contribution is 2.29. The van der Waals surface area contributed by atoms with E-state index < -0.39 is 0 Å². The van der Waals surface area contributed by atoms with Gasteiger partial charge in [-0.2, -0.15) is 0 Å². The summed E-state index contributed by atoms with van der Waals surface area (Å²) in [5.74, 6) is 0.619. The summed E-state index contributed by atoms with van der Waals surface area (Å²) in [5, 5.41) is 0. The highest BCUT2D eigenvalue weighted by Gasteiger charge is 2.15.